The standard InChI is InChI=1S/C20H14ClN5O8S2/c21-11-6-35-18-13(24-16(29)15(28)12-7-36-20(23-12)22-8-27)17(30)25(18)14(11)19(31)34-5-9-1-3-10(4-2-9)26(32)33/h1-4,7-8,13,18H,5-6H2,(H,24,29)(H,22,23,27)/t13?,18-/m1/s1. The fraction of sp³-hybridized carbons (Fsp3) is 0.200. The van der Waals surface area contributed by atoms with E-state index >= 15 is 0 Å². The van der Waals surface area contributed by atoms with E-state index in [0.29, 0.717) is 12.0 Å². The number of Topliss-reactive ketones (excluding diaryl/α,β-unsaturated/α-hetero) is 1. The van der Waals surface area contributed by atoms with Gasteiger partial charge in [-0.15, -0.1) is 23.1 Å². The van der Waals surface area contributed by atoms with Crippen molar-refractivity contribution in [1.82, 2.24) is 15.2 Å². The van der Waals surface area contributed by atoms with E-state index in [2.05, 4.69) is 15.6 Å². The van der Waals surface area contributed by atoms with Gasteiger partial charge in [-0.1, -0.05) is 11.6 Å². The van der Waals surface area contributed by atoms with E-state index in [-0.39, 0.29) is 39.6 Å². The molecule has 1 unspecified atom stereocenters. The number of rotatable bonds is 9. The number of amides is 3. The Morgan fingerprint density at radius 1 is 1.31 bits per heavy atom. The number of esters is 1. The summed E-state index contributed by atoms with van der Waals surface area (Å²) in [5.41, 5.74) is 0.00145. The average Bonchev–Trinajstić information content (AvgIpc) is 3.34. The number of nitro groups is 1. The van der Waals surface area contributed by atoms with Crippen molar-refractivity contribution in [3.8, 4) is 0 Å². The van der Waals surface area contributed by atoms with Gasteiger partial charge in [0.2, 0.25) is 6.41 Å². The lowest BCUT2D eigenvalue weighted by atomic mass is 10.0. The molecule has 0 aliphatic carbocycles. The summed E-state index contributed by atoms with van der Waals surface area (Å²) in [6, 6.07) is 4.31. The summed E-state index contributed by atoms with van der Waals surface area (Å²) in [4.78, 5) is 75.8. The smallest absolute Gasteiger partial charge is 0.356 e. The fourth-order valence-corrected chi connectivity index (χ4v) is 5.52. The minimum atomic E-state index is -1.08. The maximum atomic E-state index is 12.8. The number of anilines is 1. The van der Waals surface area contributed by atoms with Crippen molar-refractivity contribution in [2.75, 3.05) is 11.1 Å². The van der Waals surface area contributed by atoms with E-state index in [1.165, 1.54) is 41.4 Å². The second kappa shape index (κ2) is 10.4. The molecule has 186 valence electrons. The molecule has 3 amide bonds. The van der Waals surface area contributed by atoms with Crippen LogP contribution >= 0.6 is 34.7 Å². The summed E-state index contributed by atoms with van der Waals surface area (Å²) in [7, 11) is 0. The highest BCUT2D eigenvalue weighted by atomic mass is 35.5. The molecule has 2 aliphatic rings. The van der Waals surface area contributed by atoms with Crippen LogP contribution in [0.5, 0.6) is 0 Å². The quantitative estimate of drug-likeness (QED) is 0.0879. The van der Waals surface area contributed by atoms with Crippen molar-refractivity contribution in [2.45, 2.75) is 18.0 Å². The van der Waals surface area contributed by atoms with Crippen LogP contribution in [0.25, 0.3) is 0 Å². The van der Waals surface area contributed by atoms with Gasteiger partial charge in [-0.2, -0.15) is 0 Å². The summed E-state index contributed by atoms with van der Waals surface area (Å²) in [5.74, 6) is -3.44. The van der Waals surface area contributed by atoms with Crippen molar-refractivity contribution in [3.63, 3.8) is 0 Å². The number of non-ortho nitro benzene ring substituents is 1. The monoisotopic (exact) mass is 551 g/mol. The molecule has 13 nitrogen and oxygen atoms in total. The van der Waals surface area contributed by atoms with E-state index in [1.807, 2.05) is 0 Å². The molecule has 2 aliphatic heterocycles. The first-order valence-electron chi connectivity index (χ1n) is 9.96. The third-order valence-corrected chi connectivity index (χ3v) is 7.57. The Labute approximate surface area is 215 Å². The molecule has 1 saturated heterocycles. The first kappa shape index (κ1) is 25.3. The van der Waals surface area contributed by atoms with Crippen molar-refractivity contribution >= 4 is 75.5 Å². The predicted octanol–water partition coefficient (Wildman–Crippen LogP) is 1.40. The number of nitrogens with zero attached hydrogens (tertiary/aromatic N) is 3. The number of nitro benzene ring substituents is 1. The molecule has 3 heterocycles. The van der Waals surface area contributed by atoms with Gasteiger partial charge in [-0.25, -0.2) is 9.78 Å². The number of carbonyl (C=O) groups excluding carboxylic acids is 5. The molecular formula is C20H14ClN5O8S2. The van der Waals surface area contributed by atoms with Crippen LogP contribution in [0.15, 0.2) is 40.4 Å². The molecule has 2 atom stereocenters. The van der Waals surface area contributed by atoms with E-state index < -0.39 is 39.9 Å². The number of fused-ring (bicyclic) bond motifs is 1. The Kier molecular flexibility index (Phi) is 7.32. The molecule has 1 aromatic heterocycles. The number of β-lactam (4-membered cyclic amide) rings is 1. The zero-order chi connectivity index (χ0) is 26.0. The van der Waals surface area contributed by atoms with Gasteiger partial charge in [-0.05, 0) is 17.7 Å². The number of hydrogen-bond donors (Lipinski definition) is 2. The number of halogens is 1. The van der Waals surface area contributed by atoms with Gasteiger partial charge in [0.25, 0.3) is 23.3 Å². The summed E-state index contributed by atoms with van der Waals surface area (Å²) >= 11 is 8.33. The van der Waals surface area contributed by atoms with Crippen LogP contribution in [-0.2, 0) is 30.5 Å². The van der Waals surface area contributed by atoms with E-state index in [0.717, 1.165) is 16.2 Å². The molecule has 0 saturated carbocycles. The van der Waals surface area contributed by atoms with E-state index in [4.69, 9.17) is 16.3 Å². The normalized spacial score (nSPS) is 18.6. The zero-order valence-corrected chi connectivity index (χ0v) is 20.2. The predicted molar refractivity (Wildman–Crippen MR) is 127 cm³/mol. The Balaban J connectivity index is 1.38. The van der Waals surface area contributed by atoms with Gasteiger partial charge in [0.1, 0.15) is 29.4 Å². The highest BCUT2D eigenvalue weighted by Crippen LogP contribution is 2.41. The molecule has 0 spiro atoms. The van der Waals surface area contributed by atoms with Crippen molar-refractivity contribution in [1.29, 1.82) is 0 Å². The molecule has 2 aromatic rings. The Morgan fingerprint density at radius 2 is 2.03 bits per heavy atom. The fourth-order valence-electron chi connectivity index (χ4n) is 3.32. The molecule has 0 bridgehead atoms. The number of benzene rings is 1. The van der Waals surface area contributed by atoms with Gasteiger partial charge in [0.15, 0.2) is 5.13 Å². The molecule has 36 heavy (non-hydrogen) atoms. The lowest BCUT2D eigenvalue weighted by Gasteiger charge is -2.48. The Morgan fingerprint density at radius 3 is 2.69 bits per heavy atom. The second-order valence-corrected chi connectivity index (χ2v) is 9.66. The number of thioether (sulfide) groups is 1. The number of thiazole rings is 1. The van der Waals surface area contributed by atoms with E-state index in [1.54, 1.807) is 0 Å². The lowest BCUT2D eigenvalue weighted by Crippen LogP contribution is -2.71. The molecule has 4 rings (SSSR count). The molecular weight excluding hydrogens is 538 g/mol. The number of carbonyl (C=O) groups is 5. The van der Waals surface area contributed by atoms with Crippen LogP contribution in [0.1, 0.15) is 16.1 Å². The Bertz CT molecular complexity index is 1310. The minimum Gasteiger partial charge on any atom is -0.456 e. The Hall–Kier alpha value is -3.82. The van der Waals surface area contributed by atoms with Crippen LogP contribution in [0.3, 0.4) is 0 Å². The first-order chi connectivity index (χ1) is 17.2. The molecule has 1 aromatic carbocycles. The zero-order valence-electron chi connectivity index (χ0n) is 17.8. The van der Waals surface area contributed by atoms with Gasteiger partial charge < -0.3 is 15.4 Å². The van der Waals surface area contributed by atoms with Crippen molar-refractivity contribution in [2.24, 2.45) is 0 Å². The van der Waals surface area contributed by atoms with E-state index in [9.17, 15) is 34.1 Å². The third kappa shape index (κ3) is 4.93. The largest absolute Gasteiger partial charge is 0.456 e. The van der Waals surface area contributed by atoms with Gasteiger partial charge in [-0.3, -0.25) is 34.2 Å². The third-order valence-electron chi connectivity index (χ3n) is 5.04. The summed E-state index contributed by atoms with van der Waals surface area (Å²) in [6.45, 7) is -0.215. The molecule has 2 N–H and O–H groups in total. The minimum absolute atomic E-state index is 0.0804. The molecule has 16 heteroatoms. The summed E-state index contributed by atoms with van der Waals surface area (Å²) in [5, 5.41) is 16.2. The number of aromatic nitrogens is 1. The van der Waals surface area contributed by atoms with Gasteiger partial charge >= 0.3 is 5.97 Å². The lowest BCUT2D eigenvalue weighted by molar-refractivity contribution is -0.384. The second-order valence-electron chi connectivity index (χ2n) is 7.24. The maximum absolute atomic E-state index is 12.8. The number of nitrogens with one attached hydrogen (secondary N) is 2. The SMILES string of the molecule is O=CNc1nc(C(=O)C(=O)NC2C(=O)N3C(C(=O)OCc4ccc([N+](=O)[O-])cc4)=C(Cl)CS[C@H]23)cs1. The molecule has 0 radical (unpaired) electrons. The number of hydrogen-bond acceptors (Lipinski definition) is 11. The maximum Gasteiger partial charge on any atom is 0.356 e. The highest BCUT2D eigenvalue weighted by molar-refractivity contribution is 8.00. The van der Waals surface area contributed by atoms with Crippen molar-refractivity contribution < 1.29 is 33.6 Å². The van der Waals surface area contributed by atoms with Crippen LogP contribution < -0.4 is 10.6 Å². The summed E-state index contributed by atoms with van der Waals surface area (Å²) in [6.07, 6.45) is 0.377. The van der Waals surface area contributed by atoms with Crippen LogP contribution in [0, 0.1) is 10.1 Å². The average molecular weight is 552 g/mol. The van der Waals surface area contributed by atoms with Crippen LogP contribution in [0.2, 0.25) is 0 Å². The number of ketones is 1. The molecule has 1 fully saturated rings. The highest BCUT2D eigenvalue weighted by Gasteiger charge is 2.54. The van der Waals surface area contributed by atoms with Gasteiger partial charge in [0.05, 0.1) is 9.96 Å². The van der Waals surface area contributed by atoms with Gasteiger partial charge in [0, 0.05) is 23.3 Å². The topological polar surface area (TPSA) is 178 Å². The van der Waals surface area contributed by atoms with Crippen LogP contribution in [-0.4, -0.2) is 62.0 Å². The van der Waals surface area contributed by atoms with Crippen LogP contribution in [0.4, 0.5) is 10.8 Å². The number of ether oxygens (including phenoxy) is 1. The van der Waals surface area contributed by atoms with Crippen molar-refractivity contribution in [3.05, 3.63) is 61.7 Å². The first-order valence-corrected chi connectivity index (χ1v) is 12.3. The summed E-state index contributed by atoms with van der Waals surface area (Å²) < 4.78 is 5.24.